The molecule has 0 aromatic rings. The minimum atomic E-state index is -3.20. The second-order valence-corrected chi connectivity index (χ2v) is 7.60. The summed E-state index contributed by atoms with van der Waals surface area (Å²) in [5, 5.41) is 3.15. The van der Waals surface area contributed by atoms with E-state index >= 15 is 0 Å². The Morgan fingerprint density at radius 1 is 1.50 bits per heavy atom. The molecule has 1 amide bonds. The third-order valence-electron chi connectivity index (χ3n) is 3.13. The molecule has 2 rings (SSSR count). The highest BCUT2D eigenvalue weighted by Gasteiger charge is 2.31. The van der Waals surface area contributed by atoms with E-state index in [1.165, 1.54) is 0 Å². The molecule has 6 nitrogen and oxygen atoms in total. The summed E-state index contributed by atoms with van der Waals surface area (Å²) in [4.78, 5) is 14.0. The van der Waals surface area contributed by atoms with Gasteiger partial charge in [-0.2, -0.15) is 0 Å². The van der Waals surface area contributed by atoms with Crippen LogP contribution in [0.3, 0.4) is 0 Å². The average Bonchev–Trinajstić information content (AvgIpc) is 2.79. The third-order valence-corrected chi connectivity index (χ3v) is 4.83. The van der Waals surface area contributed by atoms with Crippen LogP contribution in [0.2, 0.25) is 0 Å². The molecule has 0 bridgehead atoms. The monoisotopic (exact) mass is 293 g/mol. The molecule has 0 aliphatic carbocycles. The summed E-state index contributed by atoms with van der Waals surface area (Å²) in [7, 11) is -3.20. The molecule has 0 spiro atoms. The van der Waals surface area contributed by atoms with Gasteiger partial charge in [0, 0.05) is 30.8 Å². The maximum absolute atomic E-state index is 12.2. The van der Waals surface area contributed by atoms with Crippen LogP contribution in [0.5, 0.6) is 0 Å². The van der Waals surface area contributed by atoms with Gasteiger partial charge in [-0.3, -0.25) is 10.1 Å². The number of sulfonamides is 1. The zero-order chi connectivity index (χ0) is 13.2. The van der Waals surface area contributed by atoms with E-state index in [2.05, 4.69) is 10.0 Å². The van der Waals surface area contributed by atoms with Crippen LogP contribution in [0.1, 0.15) is 12.8 Å². The van der Waals surface area contributed by atoms with Crippen molar-refractivity contribution in [2.24, 2.45) is 0 Å². The van der Waals surface area contributed by atoms with E-state index in [-0.39, 0.29) is 18.0 Å². The van der Waals surface area contributed by atoms with E-state index in [1.807, 2.05) is 0 Å². The van der Waals surface area contributed by atoms with Gasteiger partial charge in [0.25, 0.3) is 0 Å². The number of likely N-dealkylation sites (tertiary alicyclic amines) is 1. The van der Waals surface area contributed by atoms with Crippen LogP contribution in [0.15, 0.2) is 0 Å². The number of carbonyl (C=O) groups is 1. The summed E-state index contributed by atoms with van der Waals surface area (Å²) in [6, 6.07) is -0.251. The number of carbonyl (C=O) groups excluding carboxylic acids is 1. The summed E-state index contributed by atoms with van der Waals surface area (Å²) < 4.78 is 25.0. The zero-order valence-corrected chi connectivity index (χ0v) is 12.0. The number of piperidine rings is 1. The molecule has 2 N–H and O–H groups in total. The molecule has 2 saturated heterocycles. The van der Waals surface area contributed by atoms with Crippen molar-refractivity contribution in [3.05, 3.63) is 0 Å². The predicted molar refractivity (Wildman–Crippen MR) is 71.8 cm³/mol. The fourth-order valence-corrected chi connectivity index (χ4v) is 4.08. The van der Waals surface area contributed by atoms with Crippen LogP contribution < -0.4 is 10.0 Å². The van der Waals surface area contributed by atoms with Gasteiger partial charge >= 0.3 is 0 Å². The summed E-state index contributed by atoms with van der Waals surface area (Å²) in [6.45, 7) is 1.21. The molecule has 0 saturated carbocycles. The molecular formula is C10H19N3O3S2. The molecule has 2 atom stereocenters. The Hall–Kier alpha value is -0.310. The van der Waals surface area contributed by atoms with Gasteiger partial charge in [0.05, 0.1) is 12.3 Å². The normalized spacial score (nSPS) is 29.5. The molecule has 0 aromatic heterocycles. The Balaban J connectivity index is 1.91. The van der Waals surface area contributed by atoms with Gasteiger partial charge in [-0.25, -0.2) is 13.1 Å². The van der Waals surface area contributed by atoms with Crippen LogP contribution in [-0.4, -0.2) is 62.3 Å². The first-order valence-corrected chi connectivity index (χ1v) is 9.07. The molecule has 18 heavy (non-hydrogen) atoms. The third kappa shape index (κ3) is 3.84. The molecule has 2 fully saturated rings. The number of rotatable bonds is 3. The maximum atomic E-state index is 12.2. The van der Waals surface area contributed by atoms with E-state index < -0.39 is 10.0 Å². The van der Waals surface area contributed by atoms with Crippen LogP contribution in [0.25, 0.3) is 0 Å². The van der Waals surface area contributed by atoms with Gasteiger partial charge in [-0.1, -0.05) is 0 Å². The van der Waals surface area contributed by atoms with E-state index in [0.717, 1.165) is 37.3 Å². The minimum absolute atomic E-state index is 0.0972. The lowest BCUT2D eigenvalue weighted by atomic mass is 10.1. The predicted octanol–water partition coefficient (Wildman–Crippen LogP) is -0.811. The largest absolute Gasteiger partial charge is 0.340 e. The highest BCUT2D eigenvalue weighted by Crippen LogP contribution is 2.16. The van der Waals surface area contributed by atoms with Crippen molar-refractivity contribution in [3.63, 3.8) is 0 Å². The number of hydrogen-bond donors (Lipinski definition) is 2. The van der Waals surface area contributed by atoms with Crippen LogP contribution in [0, 0.1) is 0 Å². The van der Waals surface area contributed by atoms with Crippen LogP contribution in [-0.2, 0) is 14.8 Å². The van der Waals surface area contributed by atoms with Crippen molar-refractivity contribution in [2.75, 3.05) is 31.0 Å². The minimum Gasteiger partial charge on any atom is -0.340 e. The Morgan fingerprint density at radius 3 is 2.89 bits per heavy atom. The molecule has 0 aromatic carbocycles. The van der Waals surface area contributed by atoms with Gasteiger partial charge in [-0.05, 0) is 12.8 Å². The quantitative estimate of drug-likeness (QED) is 0.711. The molecule has 0 radical (unpaired) electrons. The SMILES string of the molecule is CS(=O)(=O)NC1CCCN(C(=O)[C@H]2CSCN2)C1. The molecular weight excluding hydrogens is 274 g/mol. The number of hydrogen-bond acceptors (Lipinski definition) is 5. The fraction of sp³-hybridized carbons (Fsp3) is 0.900. The first-order chi connectivity index (χ1) is 8.46. The average molecular weight is 293 g/mol. The summed E-state index contributed by atoms with van der Waals surface area (Å²) in [5.41, 5.74) is 0. The Labute approximate surface area is 112 Å². The van der Waals surface area contributed by atoms with E-state index in [9.17, 15) is 13.2 Å². The lowest BCUT2D eigenvalue weighted by Gasteiger charge is -2.34. The zero-order valence-electron chi connectivity index (χ0n) is 10.4. The van der Waals surface area contributed by atoms with Gasteiger partial charge in [-0.15, -0.1) is 11.8 Å². The van der Waals surface area contributed by atoms with E-state index in [1.54, 1.807) is 16.7 Å². The highest BCUT2D eigenvalue weighted by molar-refractivity contribution is 7.99. The fourth-order valence-electron chi connectivity index (χ4n) is 2.35. The standard InChI is InChI=1S/C10H19N3O3S2/c1-18(15,16)12-8-3-2-4-13(5-8)10(14)9-6-17-7-11-9/h8-9,11-12H,2-7H2,1H3/t8?,9-/m1/s1. The Morgan fingerprint density at radius 2 is 2.28 bits per heavy atom. The molecule has 8 heteroatoms. The molecule has 2 aliphatic rings. The molecule has 2 aliphatic heterocycles. The number of thioether (sulfide) groups is 1. The van der Waals surface area contributed by atoms with Crippen molar-refractivity contribution in [1.29, 1.82) is 0 Å². The Kier molecular flexibility index (Phi) is 4.52. The van der Waals surface area contributed by atoms with Crippen LogP contribution >= 0.6 is 11.8 Å². The Bertz CT molecular complexity index is 407. The van der Waals surface area contributed by atoms with Crippen molar-refractivity contribution < 1.29 is 13.2 Å². The van der Waals surface area contributed by atoms with Gasteiger partial charge in [0.15, 0.2) is 0 Å². The van der Waals surface area contributed by atoms with Crippen molar-refractivity contribution >= 4 is 27.7 Å². The lowest BCUT2D eigenvalue weighted by Crippen LogP contribution is -2.53. The highest BCUT2D eigenvalue weighted by atomic mass is 32.2. The second-order valence-electron chi connectivity index (χ2n) is 4.79. The molecule has 2 heterocycles. The van der Waals surface area contributed by atoms with Crippen molar-refractivity contribution in [2.45, 2.75) is 24.9 Å². The first kappa shape index (κ1) is 14.1. The topological polar surface area (TPSA) is 78.5 Å². The molecule has 1 unspecified atom stereocenters. The number of amides is 1. The van der Waals surface area contributed by atoms with E-state index in [0.29, 0.717) is 6.54 Å². The summed E-state index contributed by atoms with van der Waals surface area (Å²) >= 11 is 1.72. The maximum Gasteiger partial charge on any atom is 0.240 e. The first-order valence-electron chi connectivity index (χ1n) is 6.03. The smallest absolute Gasteiger partial charge is 0.240 e. The molecule has 104 valence electrons. The van der Waals surface area contributed by atoms with Gasteiger partial charge < -0.3 is 4.90 Å². The number of nitrogens with zero attached hydrogens (tertiary/aromatic N) is 1. The van der Waals surface area contributed by atoms with Crippen molar-refractivity contribution in [1.82, 2.24) is 14.9 Å². The van der Waals surface area contributed by atoms with Gasteiger partial charge in [0.1, 0.15) is 0 Å². The summed E-state index contributed by atoms with van der Waals surface area (Å²) in [6.07, 6.45) is 2.80. The number of nitrogens with one attached hydrogen (secondary N) is 2. The summed E-state index contributed by atoms with van der Waals surface area (Å²) in [5.74, 6) is 1.72. The second kappa shape index (κ2) is 5.77. The lowest BCUT2D eigenvalue weighted by molar-refractivity contribution is -0.133. The van der Waals surface area contributed by atoms with E-state index in [4.69, 9.17) is 0 Å². The van der Waals surface area contributed by atoms with Crippen LogP contribution in [0.4, 0.5) is 0 Å². The van der Waals surface area contributed by atoms with Crippen molar-refractivity contribution in [3.8, 4) is 0 Å². The van der Waals surface area contributed by atoms with Gasteiger partial charge in [0.2, 0.25) is 15.9 Å².